The number of aromatic nitrogens is 5. The van der Waals surface area contributed by atoms with E-state index in [-0.39, 0.29) is 29.6 Å². The predicted molar refractivity (Wildman–Crippen MR) is 115 cm³/mol. The van der Waals surface area contributed by atoms with Gasteiger partial charge in [0.2, 0.25) is 11.7 Å². The van der Waals surface area contributed by atoms with Crippen LogP contribution in [0.3, 0.4) is 0 Å². The van der Waals surface area contributed by atoms with Crippen LogP contribution >= 0.6 is 0 Å². The minimum absolute atomic E-state index is 0.0975. The van der Waals surface area contributed by atoms with Crippen LogP contribution in [0.2, 0.25) is 0 Å². The number of fused-ring (bicyclic) bond motifs is 1. The van der Waals surface area contributed by atoms with Crippen LogP contribution in [0, 0.1) is 5.92 Å². The lowest BCUT2D eigenvalue weighted by molar-refractivity contribution is -0.131. The highest BCUT2D eigenvalue weighted by Gasteiger charge is 2.36. The normalized spacial score (nSPS) is 18.4. The van der Waals surface area contributed by atoms with E-state index in [9.17, 15) is 9.59 Å². The standard InChI is InChI=1S/C21H24N8O2/c1-2-29-18-16(27-19(29)20(30)26-14-4-3-8-22-10-14)17(23-12-24-18)25-15-7-9-28(11-15)21(31)13-5-6-13/h3-4,8,10,12-13,15H,2,5-7,9,11H2,1H3,(H,26,30)(H,23,24,25)/t15-/m0/s1. The molecule has 5 rings (SSSR count). The van der Waals surface area contributed by atoms with Gasteiger partial charge in [-0.25, -0.2) is 15.0 Å². The van der Waals surface area contributed by atoms with Gasteiger partial charge in [-0.15, -0.1) is 0 Å². The molecule has 3 aromatic heterocycles. The minimum atomic E-state index is -0.333. The van der Waals surface area contributed by atoms with E-state index in [1.807, 2.05) is 11.8 Å². The van der Waals surface area contributed by atoms with Gasteiger partial charge in [-0.1, -0.05) is 0 Å². The van der Waals surface area contributed by atoms with Crippen molar-refractivity contribution >= 4 is 34.5 Å². The van der Waals surface area contributed by atoms with Crippen LogP contribution < -0.4 is 10.6 Å². The van der Waals surface area contributed by atoms with Gasteiger partial charge in [0.25, 0.3) is 5.91 Å². The molecule has 0 spiro atoms. The molecule has 4 heterocycles. The number of imidazole rings is 1. The van der Waals surface area contributed by atoms with E-state index in [4.69, 9.17) is 0 Å². The minimum Gasteiger partial charge on any atom is -0.364 e. The van der Waals surface area contributed by atoms with Crippen LogP contribution in [-0.2, 0) is 11.3 Å². The lowest BCUT2D eigenvalue weighted by Crippen LogP contribution is -2.32. The van der Waals surface area contributed by atoms with E-state index < -0.39 is 0 Å². The largest absolute Gasteiger partial charge is 0.364 e. The zero-order chi connectivity index (χ0) is 21.4. The fourth-order valence-corrected chi connectivity index (χ4v) is 4.00. The second kappa shape index (κ2) is 7.93. The van der Waals surface area contributed by atoms with Crippen LogP contribution in [0.5, 0.6) is 0 Å². The molecule has 1 saturated heterocycles. The Bertz CT molecular complexity index is 1130. The number of carbonyl (C=O) groups excluding carboxylic acids is 2. The number of nitrogens with one attached hydrogen (secondary N) is 2. The first kappa shape index (κ1) is 19.4. The van der Waals surface area contributed by atoms with E-state index in [0.29, 0.717) is 35.8 Å². The molecule has 31 heavy (non-hydrogen) atoms. The van der Waals surface area contributed by atoms with Crippen LogP contribution in [0.1, 0.15) is 36.8 Å². The number of nitrogens with zero attached hydrogens (tertiary/aromatic N) is 6. The van der Waals surface area contributed by atoms with Crippen LogP contribution in [0.25, 0.3) is 11.2 Å². The SMILES string of the molecule is CCn1c(C(=O)Nc2cccnc2)nc2c(N[C@H]3CCN(C(=O)C4CC4)C3)ncnc21. The summed E-state index contributed by atoms with van der Waals surface area (Å²) in [5.41, 5.74) is 1.74. The summed E-state index contributed by atoms with van der Waals surface area (Å²) in [4.78, 5) is 44.5. The Labute approximate surface area is 179 Å². The first-order chi connectivity index (χ1) is 15.1. The maximum absolute atomic E-state index is 12.9. The molecule has 1 aliphatic heterocycles. The number of pyridine rings is 1. The van der Waals surface area contributed by atoms with Gasteiger partial charge in [0, 0.05) is 37.8 Å². The fraction of sp³-hybridized carbons (Fsp3) is 0.429. The molecule has 0 aromatic carbocycles. The molecule has 2 aliphatic rings. The van der Waals surface area contributed by atoms with Gasteiger partial charge in [0.15, 0.2) is 17.0 Å². The maximum Gasteiger partial charge on any atom is 0.291 e. The molecular weight excluding hydrogens is 396 g/mol. The number of carbonyl (C=O) groups is 2. The number of hydrogen-bond acceptors (Lipinski definition) is 7. The highest BCUT2D eigenvalue weighted by Crippen LogP contribution is 2.32. The third-order valence-electron chi connectivity index (χ3n) is 5.74. The van der Waals surface area contributed by atoms with Crippen LogP contribution in [0.4, 0.5) is 11.5 Å². The van der Waals surface area contributed by atoms with Crippen molar-refractivity contribution in [1.82, 2.24) is 29.4 Å². The molecule has 1 aliphatic carbocycles. The number of amides is 2. The summed E-state index contributed by atoms with van der Waals surface area (Å²) in [5, 5.41) is 6.24. The number of rotatable bonds is 6. The maximum atomic E-state index is 12.9. The quantitative estimate of drug-likeness (QED) is 0.625. The van der Waals surface area contributed by atoms with E-state index in [2.05, 4.69) is 30.6 Å². The molecule has 0 radical (unpaired) electrons. The van der Waals surface area contributed by atoms with Crippen molar-refractivity contribution in [2.45, 2.75) is 38.8 Å². The van der Waals surface area contributed by atoms with Crippen LogP contribution in [-0.4, -0.2) is 60.3 Å². The zero-order valence-corrected chi connectivity index (χ0v) is 17.3. The summed E-state index contributed by atoms with van der Waals surface area (Å²) >= 11 is 0. The average Bonchev–Trinajstić information content (AvgIpc) is 3.41. The Kier molecular flexibility index (Phi) is 4.97. The van der Waals surface area contributed by atoms with Crippen molar-refractivity contribution in [2.24, 2.45) is 5.92 Å². The fourth-order valence-electron chi connectivity index (χ4n) is 4.00. The number of aryl methyl sites for hydroxylation is 1. The Morgan fingerprint density at radius 1 is 1.23 bits per heavy atom. The summed E-state index contributed by atoms with van der Waals surface area (Å²) in [6, 6.07) is 3.62. The van der Waals surface area contributed by atoms with E-state index in [0.717, 1.165) is 25.8 Å². The Morgan fingerprint density at radius 2 is 2.10 bits per heavy atom. The van der Waals surface area contributed by atoms with Crippen molar-refractivity contribution in [2.75, 3.05) is 23.7 Å². The Hall–Kier alpha value is -3.56. The number of likely N-dealkylation sites (tertiary alicyclic amines) is 1. The average molecular weight is 420 g/mol. The van der Waals surface area contributed by atoms with E-state index >= 15 is 0 Å². The summed E-state index contributed by atoms with van der Waals surface area (Å²) in [6.45, 7) is 3.89. The van der Waals surface area contributed by atoms with Gasteiger partial charge in [-0.3, -0.25) is 14.6 Å². The highest BCUT2D eigenvalue weighted by atomic mass is 16.2. The van der Waals surface area contributed by atoms with Gasteiger partial charge in [0.05, 0.1) is 11.9 Å². The molecule has 3 aromatic rings. The topological polar surface area (TPSA) is 118 Å². The third kappa shape index (κ3) is 3.80. The molecule has 1 saturated carbocycles. The molecule has 160 valence electrons. The molecule has 10 nitrogen and oxygen atoms in total. The second-order valence-electron chi connectivity index (χ2n) is 7.96. The smallest absolute Gasteiger partial charge is 0.291 e. The number of hydrogen-bond donors (Lipinski definition) is 2. The van der Waals surface area contributed by atoms with Gasteiger partial charge < -0.3 is 20.1 Å². The summed E-state index contributed by atoms with van der Waals surface area (Å²) < 4.78 is 1.77. The molecule has 10 heteroatoms. The lowest BCUT2D eigenvalue weighted by Gasteiger charge is -2.17. The van der Waals surface area contributed by atoms with Crippen molar-refractivity contribution in [3.05, 3.63) is 36.7 Å². The monoisotopic (exact) mass is 420 g/mol. The first-order valence-electron chi connectivity index (χ1n) is 10.6. The molecule has 0 bridgehead atoms. The van der Waals surface area contributed by atoms with Gasteiger partial charge >= 0.3 is 0 Å². The van der Waals surface area contributed by atoms with Crippen molar-refractivity contribution in [1.29, 1.82) is 0 Å². The summed E-state index contributed by atoms with van der Waals surface area (Å²) in [5.74, 6) is 1.01. The third-order valence-corrected chi connectivity index (χ3v) is 5.74. The Morgan fingerprint density at radius 3 is 2.84 bits per heavy atom. The van der Waals surface area contributed by atoms with Gasteiger partial charge in [-0.05, 0) is 38.3 Å². The van der Waals surface area contributed by atoms with Gasteiger partial charge in [-0.2, -0.15) is 0 Å². The number of anilines is 2. The summed E-state index contributed by atoms with van der Waals surface area (Å²) in [6.07, 6.45) is 7.58. The van der Waals surface area contributed by atoms with E-state index in [1.165, 1.54) is 6.33 Å². The van der Waals surface area contributed by atoms with Crippen molar-refractivity contribution < 1.29 is 9.59 Å². The molecule has 1 atom stereocenters. The van der Waals surface area contributed by atoms with Crippen LogP contribution in [0.15, 0.2) is 30.9 Å². The molecular formula is C21H24N8O2. The zero-order valence-electron chi connectivity index (χ0n) is 17.3. The second-order valence-corrected chi connectivity index (χ2v) is 7.96. The molecule has 2 fully saturated rings. The lowest BCUT2D eigenvalue weighted by atomic mass is 10.2. The first-order valence-corrected chi connectivity index (χ1v) is 10.6. The van der Waals surface area contributed by atoms with E-state index in [1.54, 1.807) is 29.1 Å². The highest BCUT2D eigenvalue weighted by molar-refractivity contribution is 6.04. The van der Waals surface area contributed by atoms with Crippen molar-refractivity contribution in [3.63, 3.8) is 0 Å². The molecule has 2 N–H and O–H groups in total. The summed E-state index contributed by atoms with van der Waals surface area (Å²) in [7, 11) is 0. The van der Waals surface area contributed by atoms with Gasteiger partial charge in [0.1, 0.15) is 6.33 Å². The predicted octanol–water partition coefficient (Wildman–Crippen LogP) is 1.92. The Balaban J connectivity index is 1.38. The molecule has 2 amide bonds. The molecule has 0 unspecified atom stereocenters. The van der Waals surface area contributed by atoms with Crippen molar-refractivity contribution in [3.8, 4) is 0 Å².